The molecule has 1 rings (SSSR count). The monoisotopic (exact) mass is 221 g/mol. The van der Waals surface area contributed by atoms with Gasteiger partial charge >= 0.3 is 0 Å². The van der Waals surface area contributed by atoms with Gasteiger partial charge in [-0.25, -0.2) is 0 Å². The van der Waals surface area contributed by atoms with Crippen molar-refractivity contribution in [1.29, 1.82) is 0 Å². The highest BCUT2D eigenvalue weighted by atomic mass is 16.7. The van der Waals surface area contributed by atoms with Crippen molar-refractivity contribution in [2.75, 3.05) is 6.61 Å². The van der Waals surface area contributed by atoms with E-state index in [-0.39, 0.29) is 0 Å². The fourth-order valence-corrected chi connectivity index (χ4v) is 1.26. The summed E-state index contributed by atoms with van der Waals surface area (Å²) in [7, 11) is 0. The molecule has 5 unspecified atom stereocenters. The Morgan fingerprint density at radius 1 is 1.33 bits per heavy atom. The molecule has 1 aliphatic rings. The van der Waals surface area contributed by atoms with Gasteiger partial charge in [0.15, 0.2) is 12.4 Å². The Hall–Kier alpha value is -1.09. The van der Waals surface area contributed by atoms with Crippen LogP contribution in [0.25, 0.3) is 10.4 Å². The second kappa shape index (κ2) is 5.12. The molecule has 0 aliphatic carbocycles. The van der Waals surface area contributed by atoms with Crippen LogP contribution in [0.3, 0.4) is 0 Å². The Morgan fingerprint density at radius 2 is 2.00 bits per heavy atom. The number of hydrogen-bond donors (Lipinski definition) is 4. The van der Waals surface area contributed by atoms with E-state index in [0.717, 1.165) is 0 Å². The van der Waals surface area contributed by atoms with Gasteiger partial charge in [-0.15, -0.1) is 0 Å². The van der Waals surface area contributed by atoms with Gasteiger partial charge in [-0.2, -0.15) is 0 Å². The van der Waals surface area contributed by atoms with E-state index in [2.05, 4.69) is 15.0 Å². The van der Waals surface area contributed by atoms with Crippen molar-refractivity contribution in [3.8, 4) is 0 Å². The summed E-state index contributed by atoms with van der Waals surface area (Å²) in [6, 6.07) is 0. The summed E-state index contributed by atoms with van der Waals surface area (Å²) in [6.45, 7) is -0.566. The molecule has 1 fully saturated rings. The number of hydrogen-bond acceptors (Lipinski definition) is 7. The van der Waals surface area contributed by atoms with Crippen LogP contribution in [-0.4, -0.2) is 57.7 Å². The van der Waals surface area contributed by atoms with Crippen molar-refractivity contribution in [3.05, 3.63) is 10.4 Å². The van der Waals surface area contributed by atoms with Gasteiger partial charge in [-0.05, 0) is 5.53 Å². The zero-order valence-corrected chi connectivity index (χ0v) is 7.54. The molecule has 9 heteroatoms. The highest BCUT2D eigenvalue weighted by Gasteiger charge is 2.45. The van der Waals surface area contributed by atoms with Gasteiger partial charge in [0.1, 0.15) is 23.6 Å². The number of rotatable bonds is 3. The summed E-state index contributed by atoms with van der Waals surface area (Å²) in [6.07, 6.45) is -7.04. The lowest BCUT2D eigenvalue weighted by Crippen LogP contribution is -2.58. The van der Waals surface area contributed by atoms with Crippen LogP contribution in [0.2, 0.25) is 0 Å². The molecule has 0 spiro atoms. The Balaban J connectivity index is 2.69. The third kappa shape index (κ3) is 2.48. The van der Waals surface area contributed by atoms with E-state index in [1.54, 1.807) is 0 Å². The van der Waals surface area contributed by atoms with Crippen molar-refractivity contribution in [1.82, 2.24) is 0 Å². The van der Waals surface area contributed by atoms with Crippen LogP contribution in [0.4, 0.5) is 0 Å². The average Bonchev–Trinajstić information content (AvgIpc) is 2.23. The summed E-state index contributed by atoms with van der Waals surface area (Å²) >= 11 is 0. The van der Waals surface area contributed by atoms with Crippen LogP contribution in [0, 0.1) is 0 Å². The Bertz CT molecular complexity index is 257. The van der Waals surface area contributed by atoms with E-state index in [4.69, 9.17) is 15.4 Å². The van der Waals surface area contributed by atoms with Crippen LogP contribution in [-0.2, 0) is 9.57 Å². The van der Waals surface area contributed by atoms with E-state index in [9.17, 15) is 15.3 Å². The zero-order valence-electron chi connectivity index (χ0n) is 7.54. The van der Waals surface area contributed by atoms with E-state index in [1.165, 1.54) is 0 Å². The molecule has 4 N–H and O–H groups in total. The molecule has 0 aromatic carbocycles. The predicted octanol–water partition coefficient (Wildman–Crippen LogP) is -1.97. The van der Waals surface area contributed by atoms with E-state index in [1.807, 2.05) is 0 Å². The first-order valence-corrected chi connectivity index (χ1v) is 4.12. The van der Waals surface area contributed by atoms with Crippen LogP contribution >= 0.6 is 0 Å². The number of aliphatic hydroxyl groups excluding tert-OH is 4. The second-order valence-corrected chi connectivity index (χ2v) is 2.97. The molecule has 15 heavy (non-hydrogen) atoms. The van der Waals surface area contributed by atoms with Crippen molar-refractivity contribution >= 4 is 0 Å². The fraction of sp³-hybridized carbons (Fsp3) is 1.00. The topological polar surface area (TPSA) is 148 Å². The summed E-state index contributed by atoms with van der Waals surface area (Å²) in [5, 5.41) is 39.5. The van der Waals surface area contributed by atoms with Crippen molar-refractivity contribution in [3.63, 3.8) is 0 Å². The molecular weight excluding hydrogens is 210 g/mol. The molecule has 0 aromatic rings. The van der Waals surface area contributed by atoms with Crippen LogP contribution in [0.15, 0.2) is 5.28 Å². The Morgan fingerprint density at radius 3 is 2.53 bits per heavy atom. The predicted molar refractivity (Wildman–Crippen MR) is 44.0 cm³/mol. The van der Waals surface area contributed by atoms with E-state index >= 15 is 0 Å². The maximum Gasteiger partial charge on any atom is 0.196 e. The molecule has 9 nitrogen and oxygen atoms in total. The van der Waals surface area contributed by atoms with Crippen LogP contribution < -0.4 is 0 Å². The molecule has 1 heterocycles. The minimum Gasteiger partial charge on any atom is -0.422 e. The Kier molecular flexibility index (Phi) is 4.09. The Labute approximate surface area is 84.0 Å². The summed E-state index contributed by atoms with van der Waals surface area (Å²) in [5.41, 5.74) is 7.96. The van der Waals surface area contributed by atoms with Crippen molar-refractivity contribution in [2.24, 2.45) is 5.28 Å². The van der Waals surface area contributed by atoms with Gasteiger partial charge in [0, 0.05) is 4.91 Å². The van der Waals surface area contributed by atoms with Crippen LogP contribution in [0.1, 0.15) is 0 Å². The lowest BCUT2D eigenvalue weighted by Gasteiger charge is -2.38. The van der Waals surface area contributed by atoms with Gasteiger partial charge in [0.2, 0.25) is 0 Å². The lowest BCUT2D eigenvalue weighted by molar-refractivity contribution is -0.297. The highest BCUT2D eigenvalue weighted by molar-refractivity contribution is 4.88. The number of azide groups is 1. The number of aliphatic hydroxyl groups is 4. The SMILES string of the molecule is [N-]=[N+]=NOC1C(O)OC(CO)C(O)C1O. The van der Waals surface area contributed by atoms with E-state index in [0.29, 0.717) is 0 Å². The molecule has 0 radical (unpaired) electrons. The van der Waals surface area contributed by atoms with Gasteiger partial charge in [0.05, 0.1) is 6.61 Å². The highest BCUT2D eigenvalue weighted by Crippen LogP contribution is 2.22. The second-order valence-electron chi connectivity index (χ2n) is 2.97. The molecule has 5 atom stereocenters. The number of nitrogens with zero attached hydrogens (tertiary/aromatic N) is 3. The standard InChI is InChI=1S/C6H11N3O6/c7-8-9-15-5-4(12)3(11)2(1-10)14-6(5)13/h2-6,10-13H,1H2. The quantitative estimate of drug-likeness (QED) is 0.188. The minimum atomic E-state index is -1.59. The van der Waals surface area contributed by atoms with Crippen LogP contribution in [0.5, 0.6) is 0 Å². The summed E-state index contributed by atoms with van der Waals surface area (Å²) in [5.74, 6) is 0. The molecule has 86 valence electrons. The lowest BCUT2D eigenvalue weighted by atomic mass is 9.99. The molecule has 1 saturated heterocycles. The van der Waals surface area contributed by atoms with Gasteiger partial charge < -0.3 is 30.0 Å². The normalized spacial score (nSPS) is 40.7. The third-order valence-corrected chi connectivity index (χ3v) is 2.05. The van der Waals surface area contributed by atoms with Gasteiger partial charge in [-0.3, -0.25) is 0 Å². The smallest absolute Gasteiger partial charge is 0.196 e. The first-order valence-electron chi connectivity index (χ1n) is 4.12. The van der Waals surface area contributed by atoms with Crippen molar-refractivity contribution in [2.45, 2.75) is 30.7 Å². The zero-order chi connectivity index (χ0) is 11.4. The average molecular weight is 221 g/mol. The molecule has 0 saturated carbocycles. The maximum atomic E-state index is 9.43. The van der Waals surface area contributed by atoms with Gasteiger partial charge in [0.25, 0.3) is 0 Å². The minimum absolute atomic E-state index is 0.566. The molecule has 1 aliphatic heterocycles. The first-order chi connectivity index (χ1) is 7.11. The molecule has 0 bridgehead atoms. The first kappa shape index (κ1) is 12.0. The van der Waals surface area contributed by atoms with Gasteiger partial charge in [-0.1, -0.05) is 0 Å². The molecular formula is C6H11N3O6. The maximum absolute atomic E-state index is 9.43. The third-order valence-electron chi connectivity index (χ3n) is 2.05. The largest absolute Gasteiger partial charge is 0.422 e. The fourth-order valence-electron chi connectivity index (χ4n) is 1.26. The molecule has 0 amide bonds. The molecule has 0 aromatic heterocycles. The van der Waals surface area contributed by atoms with Crippen molar-refractivity contribution < 1.29 is 30.0 Å². The number of ether oxygens (including phenoxy) is 1. The summed E-state index contributed by atoms with van der Waals surface area (Å²) < 4.78 is 4.72. The summed E-state index contributed by atoms with van der Waals surface area (Å²) in [4.78, 5) is 6.62. The van der Waals surface area contributed by atoms with E-state index < -0.39 is 37.3 Å².